The van der Waals surface area contributed by atoms with Crippen molar-refractivity contribution >= 4 is 27.5 Å². The molecule has 1 atom stereocenters. The van der Waals surface area contributed by atoms with Crippen molar-refractivity contribution in [3.05, 3.63) is 33.3 Å². The minimum Gasteiger partial charge on any atom is -0.390 e. The van der Waals surface area contributed by atoms with Crippen LogP contribution >= 0.6 is 27.5 Å². The summed E-state index contributed by atoms with van der Waals surface area (Å²) in [5, 5.41) is 8.92. The van der Waals surface area contributed by atoms with Crippen LogP contribution in [-0.4, -0.2) is 17.6 Å². The van der Waals surface area contributed by atoms with E-state index in [2.05, 4.69) is 15.9 Å². The normalized spacial score (nSPS) is 14.0. The summed E-state index contributed by atoms with van der Waals surface area (Å²) in [6.45, 7) is -1.29. The third-order valence-electron chi connectivity index (χ3n) is 1.96. The van der Waals surface area contributed by atoms with Crippen LogP contribution in [0.1, 0.15) is 11.6 Å². The molecule has 2 nitrogen and oxygen atoms in total. The second-order valence-corrected chi connectivity index (χ2v) is 4.35. The molecule has 0 amide bonds. The first kappa shape index (κ1) is 12.8. The summed E-state index contributed by atoms with van der Waals surface area (Å²) in [6.07, 6.45) is 0. The fourth-order valence-electron chi connectivity index (χ4n) is 1.08. The maximum Gasteiger partial charge on any atom is 0.289 e. The van der Waals surface area contributed by atoms with Gasteiger partial charge in [-0.15, -0.1) is 0 Å². The molecule has 1 aromatic rings. The standard InChI is InChI=1S/C9H9BrClF2NO/c10-7-3-5(11)1-2-6(7)8(14)9(12,13)4-15/h1-3,8,15H,4,14H2/t8-/m1/s1. The smallest absolute Gasteiger partial charge is 0.289 e. The summed E-state index contributed by atoms with van der Waals surface area (Å²) in [6, 6.07) is 2.79. The second kappa shape index (κ2) is 4.74. The Morgan fingerprint density at radius 1 is 1.53 bits per heavy atom. The predicted molar refractivity (Wildman–Crippen MR) is 58.1 cm³/mol. The number of hydrogen-bond acceptors (Lipinski definition) is 2. The molecule has 0 fully saturated rings. The fourth-order valence-corrected chi connectivity index (χ4v) is 2.01. The first-order valence-corrected chi connectivity index (χ1v) is 5.25. The van der Waals surface area contributed by atoms with Crippen molar-refractivity contribution < 1.29 is 13.9 Å². The van der Waals surface area contributed by atoms with E-state index in [0.29, 0.717) is 9.50 Å². The van der Waals surface area contributed by atoms with Gasteiger partial charge in [0, 0.05) is 9.50 Å². The maximum atomic E-state index is 13.1. The Morgan fingerprint density at radius 3 is 2.60 bits per heavy atom. The number of aliphatic hydroxyl groups excluding tert-OH is 1. The molecular weight excluding hydrogens is 291 g/mol. The zero-order valence-electron chi connectivity index (χ0n) is 7.55. The number of benzene rings is 1. The van der Waals surface area contributed by atoms with Gasteiger partial charge in [-0.1, -0.05) is 33.6 Å². The molecule has 0 unspecified atom stereocenters. The molecule has 3 N–H and O–H groups in total. The van der Waals surface area contributed by atoms with Crippen LogP contribution in [0.2, 0.25) is 5.02 Å². The second-order valence-electron chi connectivity index (χ2n) is 3.06. The highest BCUT2D eigenvalue weighted by atomic mass is 79.9. The first-order valence-electron chi connectivity index (χ1n) is 4.07. The molecule has 0 spiro atoms. The first-order chi connectivity index (χ1) is 6.88. The van der Waals surface area contributed by atoms with E-state index in [0.717, 1.165) is 0 Å². The predicted octanol–water partition coefficient (Wildman–Crippen LogP) is 2.73. The van der Waals surface area contributed by atoms with E-state index in [1.54, 1.807) is 0 Å². The van der Waals surface area contributed by atoms with E-state index in [4.69, 9.17) is 22.4 Å². The van der Waals surface area contributed by atoms with Crippen LogP contribution in [0.5, 0.6) is 0 Å². The van der Waals surface area contributed by atoms with E-state index >= 15 is 0 Å². The molecule has 0 heterocycles. The van der Waals surface area contributed by atoms with E-state index in [1.165, 1.54) is 18.2 Å². The van der Waals surface area contributed by atoms with Crippen molar-refractivity contribution in [2.45, 2.75) is 12.0 Å². The van der Waals surface area contributed by atoms with Gasteiger partial charge in [0.15, 0.2) is 0 Å². The van der Waals surface area contributed by atoms with Crippen molar-refractivity contribution in [3.8, 4) is 0 Å². The van der Waals surface area contributed by atoms with Gasteiger partial charge in [0.25, 0.3) is 5.92 Å². The molecule has 0 saturated heterocycles. The van der Waals surface area contributed by atoms with Crippen molar-refractivity contribution in [1.29, 1.82) is 0 Å². The molecule has 0 aliphatic rings. The van der Waals surface area contributed by atoms with Gasteiger partial charge in [-0.25, -0.2) is 8.78 Å². The molecule has 15 heavy (non-hydrogen) atoms. The molecule has 1 rings (SSSR count). The van der Waals surface area contributed by atoms with Gasteiger partial charge in [0.1, 0.15) is 6.61 Å². The Kier molecular flexibility index (Phi) is 4.06. The maximum absolute atomic E-state index is 13.1. The average Bonchev–Trinajstić information content (AvgIpc) is 2.17. The van der Waals surface area contributed by atoms with Crippen LogP contribution in [0.25, 0.3) is 0 Å². The number of halogens is 4. The molecule has 0 aliphatic heterocycles. The molecule has 0 aromatic heterocycles. The van der Waals surface area contributed by atoms with Crippen molar-refractivity contribution in [2.24, 2.45) is 5.73 Å². The van der Waals surface area contributed by atoms with Gasteiger partial charge in [0.2, 0.25) is 0 Å². The average molecular weight is 301 g/mol. The van der Waals surface area contributed by atoms with Gasteiger partial charge >= 0.3 is 0 Å². The number of rotatable bonds is 3. The van der Waals surface area contributed by atoms with Crippen LogP contribution in [-0.2, 0) is 0 Å². The highest BCUT2D eigenvalue weighted by Crippen LogP contribution is 2.34. The van der Waals surface area contributed by atoms with E-state index in [1.807, 2.05) is 0 Å². The molecular formula is C9H9BrClF2NO. The summed E-state index contributed by atoms with van der Waals surface area (Å²) in [5.74, 6) is -3.35. The van der Waals surface area contributed by atoms with Crippen LogP contribution in [0.3, 0.4) is 0 Å². The zero-order chi connectivity index (χ0) is 11.6. The van der Waals surface area contributed by atoms with Crippen LogP contribution < -0.4 is 5.73 Å². The third kappa shape index (κ3) is 2.87. The largest absolute Gasteiger partial charge is 0.390 e. The lowest BCUT2D eigenvalue weighted by molar-refractivity contribution is -0.0713. The van der Waals surface area contributed by atoms with Gasteiger partial charge in [0.05, 0.1) is 6.04 Å². The summed E-state index contributed by atoms with van der Waals surface area (Å²) in [4.78, 5) is 0. The van der Waals surface area contributed by atoms with E-state index < -0.39 is 18.6 Å². The highest BCUT2D eigenvalue weighted by Gasteiger charge is 2.38. The van der Waals surface area contributed by atoms with E-state index in [9.17, 15) is 8.78 Å². The quantitative estimate of drug-likeness (QED) is 0.901. The fraction of sp³-hybridized carbons (Fsp3) is 0.333. The Balaban J connectivity index is 3.06. The molecule has 6 heteroatoms. The van der Waals surface area contributed by atoms with Gasteiger partial charge in [-0.2, -0.15) is 0 Å². The molecule has 0 aliphatic carbocycles. The van der Waals surface area contributed by atoms with E-state index in [-0.39, 0.29) is 5.56 Å². The number of nitrogens with two attached hydrogens (primary N) is 1. The summed E-state index contributed by atoms with van der Waals surface area (Å²) in [5.41, 5.74) is 5.56. The topological polar surface area (TPSA) is 46.2 Å². The Bertz CT molecular complexity index is 362. The minimum absolute atomic E-state index is 0.207. The van der Waals surface area contributed by atoms with Gasteiger partial charge in [-0.05, 0) is 17.7 Å². The monoisotopic (exact) mass is 299 g/mol. The number of aliphatic hydroxyl groups is 1. The lowest BCUT2D eigenvalue weighted by atomic mass is 10.0. The van der Waals surface area contributed by atoms with Crippen LogP contribution in [0.15, 0.2) is 22.7 Å². The van der Waals surface area contributed by atoms with Crippen molar-refractivity contribution in [1.82, 2.24) is 0 Å². The van der Waals surface area contributed by atoms with Crippen molar-refractivity contribution in [3.63, 3.8) is 0 Å². The Morgan fingerprint density at radius 2 is 2.13 bits per heavy atom. The number of alkyl halides is 2. The summed E-state index contributed by atoms with van der Waals surface area (Å²) in [7, 11) is 0. The van der Waals surface area contributed by atoms with Crippen molar-refractivity contribution in [2.75, 3.05) is 6.61 Å². The molecule has 84 valence electrons. The van der Waals surface area contributed by atoms with Gasteiger partial charge < -0.3 is 10.8 Å². The zero-order valence-corrected chi connectivity index (χ0v) is 9.89. The molecule has 1 aromatic carbocycles. The Hall–Kier alpha value is -0.230. The third-order valence-corrected chi connectivity index (χ3v) is 2.89. The van der Waals surface area contributed by atoms with Crippen LogP contribution in [0, 0.1) is 0 Å². The summed E-state index contributed by atoms with van der Waals surface area (Å²) >= 11 is 8.75. The molecule has 0 radical (unpaired) electrons. The lowest BCUT2D eigenvalue weighted by Crippen LogP contribution is -2.36. The molecule has 0 saturated carbocycles. The minimum atomic E-state index is -3.35. The van der Waals surface area contributed by atoms with Crippen LogP contribution in [0.4, 0.5) is 8.78 Å². The van der Waals surface area contributed by atoms with Gasteiger partial charge in [-0.3, -0.25) is 0 Å². The molecule has 0 bridgehead atoms. The Labute approximate surface area is 99.2 Å². The number of hydrogen-bond donors (Lipinski definition) is 2. The lowest BCUT2D eigenvalue weighted by Gasteiger charge is -2.22. The SMILES string of the molecule is N[C@H](c1ccc(Cl)cc1Br)C(F)(F)CO. The summed E-state index contributed by atoms with van der Waals surface area (Å²) < 4.78 is 26.6. The highest BCUT2D eigenvalue weighted by molar-refractivity contribution is 9.10.